The quantitative estimate of drug-likeness (QED) is 0.599. The normalized spacial score (nSPS) is 15.9. The van der Waals surface area contributed by atoms with Crippen molar-refractivity contribution in [2.24, 2.45) is 0 Å². The highest BCUT2D eigenvalue weighted by molar-refractivity contribution is 7.93. The molecule has 0 atom stereocenters. The number of anilines is 2. The van der Waals surface area contributed by atoms with Crippen molar-refractivity contribution in [2.45, 2.75) is 44.6 Å². The number of sulfone groups is 1. The lowest BCUT2D eigenvalue weighted by atomic mass is 9.96. The van der Waals surface area contributed by atoms with E-state index in [1.165, 1.54) is 6.42 Å². The third kappa shape index (κ3) is 8.61. The fraction of sp³-hybridized carbons (Fsp3) is 0.588. The van der Waals surface area contributed by atoms with Crippen molar-refractivity contribution in [3.05, 3.63) is 24.3 Å². The highest BCUT2D eigenvalue weighted by atomic mass is 32.2. The van der Waals surface area contributed by atoms with Gasteiger partial charge in [0, 0.05) is 23.7 Å². The number of carbonyl (C=O) groups is 1. The molecule has 1 aromatic rings. The molecule has 0 bridgehead atoms. The Morgan fingerprint density at radius 3 is 2.15 bits per heavy atom. The van der Waals surface area contributed by atoms with Gasteiger partial charge in [0.2, 0.25) is 10.0 Å². The molecular formula is C17H27N3O5S2. The Labute approximate surface area is 161 Å². The number of amides is 2. The van der Waals surface area contributed by atoms with E-state index in [0.717, 1.165) is 31.9 Å². The average Bonchev–Trinajstić information content (AvgIpc) is 2.56. The number of nitrogens with one attached hydrogen (secondary N) is 3. The summed E-state index contributed by atoms with van der Waals surface area (Å²) in [5, 5.41) is 5.68. The number of sulfonamides is 1. The van der Waals surface area contributed by atoms with Crippen LogP contribution in [0, 0.1) is 0 Å². The van der Waals surface area contributed by atoms with E-state index in [-0.39, 0.29) is 30.0 Å². The molecule has 1 aliphatic rings. The number of hydrogen-bond acceptors (Lipinski definition) is 5. The van der Waals surface area contributed by atoms with Crippen LogP contribution in [0.4, 0.5) is 16.2 Å². The van der Waals surface area contributed by atoms with Gasteiger partial charge in [-0.15, -0.1) is 0 Å². The summed E-state index contributed by atoms with van der Waals surface area (Å²) >= 11 is 0. The van der Waals surface area contributed by atoms with Crippen LogP contribution in [0.3, 0.4) is 0 Å². The molecule has 0 heterocycles. The van der Waals surface area contributed by atoms with Crippen LogP contribution in [0.1, 0.15) is 38.5 Å². The van der Waals surface area contributed by atoms with Crippen LogP contribution in [-0.4, -0.2) is 46.7 Å². The summed E-state index contributed by atoms with van der Waals surface area (Å²) in [6.45, 7) is 0. The molecule has 0 radical (unpaired) electrons. The number of carbonyl (C=O) groups excluding carboxylic acids is 1. The van der Waals surface area contributed by atoms with E-state index in [9.17, 15) is 21.6 Å². The van der Waals surface area contributed by atoms with Gasteiger partial charge >= 0.3 is 6.03 Å². The number of hydrogen-bond donors (Lipinski definition) is 3. The van der Waals surface area contributed by atoms with Crippen LogP contribution in [0.5, 0.6) is 0 Å². The van der Waals surface area contributed by atoms with Gasteiger partial charge in [-0.2, -0.15) is 0 Å². The van der Waals surface area contributed by atoms with Crippen LogP contribution < -0.4 is 15.4 Å². The predicted octanol–water partition coefficient (Wildman–Crippen LogP) is 2.32. The third-order valence-electron chi connectivity index (χ3n) is 4.28. The number of urea groups is 1. The molecule has 0 aromatic heterocycles. The predicted molar refractivity (Wildman–Crippen MR) is 107 cm³/mol. The summed E-state index contributed by atoms with van der Waals surface area (Å²) in [7, 11) is -6.81. The zero-order valence-electron chi connectivity index (χ0n) is 15.4. The molecule has 2 amide bonds. The Morgan fingerprint density at radius 1 is 0.963 bits per heavy atom. The van der Waals surface area contributed by atoms with Gasteiger partial charge < -0.3 is 10.6 Å². The Balaban J connectivity index is 1.82. The smallest absolute Gasteiger partial charge is 0.319 e. The second kappa shape index (κ2) is 9.41. The van der Waals surface area contributed by atoms with E-state index < -0.39 is 19.9 Å². The van der Waals surface area contributed by atoms with E-state index in [1.54, 1.807) is 24.3 Å². The Hall–Kier alpha value is -1.81. The molecule has 2 rings (SSSR count). The SMILES string of the molecule is CS(=O)(=O)CCCS(=O)(=O)Nc1ccc(NC(=O)NC2CCCCC2)cc1. The second-order valence-corrected chi connectivity index (χ2v) is 11.0. The molecule has 3 N–H and O–H groups in total. The van der Waals surface area contributed by atoms with Crippen LogP contribution in [0.2, 0.25) is 0 Å². The molecule has 0 aliphatic heterocycles. The Kier molecular flexibility index (Phi) is 7.49. The van der Waals surface area contributed by atoms with E-state index in [0.29, 0.717) is 11.4 Å². The topological polar surface area (TPSA) is 121 Å². The van der Waals surface area contributed by atoms with Gasteiger partial charge in [0.05, 0.1) is 11.5 Å². The molecule has 0 unspecified atom stereocenters. The fourth-order valence-corrected chi connectivity index (χ4v) is 4.94. The maximum atomic E-state index is 12.0. The molecule has 1 aliphatic carbocycles. The van der Waals surface area contributed by atoms with E-state index in [1.807, 2.05) is 0 Å². The van der Waals surface area contributed by atoms with Gasteiger partial charge in [-0.1, -0.05) is 19.3 Å². The minimum Gasteiger partial charge on any atom is -0.335 e. The number of benzene rings is 1. The lowest BCUT2D eigenvalue weighted by Gasteiger charge is -2.22. The van der Waals surface area contributed by atoms with Crippen LogP contribution in [0.25, 0.3) is 0 Å². The molecule has 1 fully saturated rings. The Bertz CT molecular complexity index is 830. The first-order valence-electron chi connectivity index (χ1n) is 8.99. The van der Waals surface area contributed by atoms with Crippen LogP contribution in [-0.2, 0) is 19.9 Å². The largest absolute Gasteiger partial charge is 0.335 e. The van der Waals surface area contributed by atoms with E-state index in [4.69, 9.17) is 0 Å². The lowest BCUT2D eigenvalue weighted by molar-refractivity contribution is 0.244. The fourth-order valence-electron chi connectivity index (χ4n) is 2.96. The number of rotatable bonds is 8. The summed E-state index contributed by atoms with van der Waals surface area (Å²) in [5.74, 6) is -0.448. The van der Waals surface area contributed by atoms with Gasteiger partial charge in [0.25, 0.3) is 0 Å². The molecule has 1 saturated carbocycles. The highest BCUT2D eigenvalue weighted by Crippen LogP contribution is 2.18. The van der Waals surface area contributed by atoms with Gasteiger partial charge in [-0.3, -0.25) is 4.72 Å². The molecule has 0 saturated heterocycles. The van der Waals surface area contributed by atoms with E-state index >= 15 is 0 Å². The van der Waals surface area contributed by atoms with Crippen LogP contribution in [0.15, 0.2) is 24.3 Å². The van der Waals surface area contributed by atoms with Crippen molar-refractivity contribution in [3.8, 4) is 0 Å². The van der Waals surface area contributed by atoms with Crippen molar-refractivity contribution in [3.63, 3.8) is 0 Å². The first-order valence-corrected chi connectivity index (χ1v) is 12.7. The molecule has 1 aromatic carbocycles. The molecule has 0 spiro atoms. The minimum absolute atomic E-state index is 0.0368. The maximum absolute atomic E-state index is 12.0. The van der Waals surface area contributed by atoms with Crippen molar-refractivity contribution in [1.82, 2.24) is 5.32 Å². The molecule has 8 nitrogen and oxygen atoms in total. The van der Waals surface area contributed by atoms with Gasteiger partial charge in [0.15, 0.2) is 0 Å². The summed E-state index contributed by atoms with van der Waals surface area (Å²) in [5.41, 5.74) is 0.913. The minimum atomic E-state index is -3.63. The maximum Gasteiger partial charge on any atom is 0.319 e. The van der Waals surface area contributed by atoms with Crippen molar-refractivity contribution >= 4 is 37.3 Å². The first kappa shape index (κ1) is 21.5. The molecule has 10 heteroatoms. The summed E-state index contributed by atoms with van der Waals surface area (Å²) in [4.78, 5) is 12.0. The molecule has 152 valence electrons. The van der Waals surface area contributed by atoms with Crippen molar-refractivity contribution in [2.75, 3.05) is 27.8 Å². The third-order valence-corrected chi connectivity index (χ3v) is 6.69. The molecule has 27 heavy (non-hydrogen) atoms. The summed E-state index contributed by atoms with van der Waals surface area (Å²) in [6.07, 6.45) is 6.57. The lowest BCUT2D eigenvalue weighted by Crippen LogP contribution is -2.38. The zero-order valence-corrected chi connectivity index (χ0v) is 17.0. The monoisotopic (exact) mass is 417 g/mol. The zero-order chi connectivity index (χ0) is 19.9. The van der Waals surface area contributed by atoms with Gasteiger partial charge in [0.1, 0.15) is 9.84 Å². The molecular weight excluding hydrogens is 390 g/mol. The second-order valence-electron chi connectivity index (χ2n) is 6.92. The van der Waals surface area contributed by atoms with Crippen molar-refractivity contribution < 1.29 is 21.6 Å². The Morgan fingerprint density at radius 2 is 1.56 bits per heavy atom. The van der Waals surface area contributed by atoms with Gasteiger partial charge in [-0.05, 0) is 43.5 Å². The standard InChI is InChI=1S/C17H27N3O5S2/c1-26(22,23)12-5-13-27(24,25)20-16-10-8-15(9-11-16)19-17(21)18-14-6-3-2-4-7-14/h8-11,14,20H,2-7,12-13H2,1H3,(H2,18,19,21). The highest BCUT2D eigenvalue weighted by Gasteiger charge is 2.16. The van der Waals surface area contributed by atoms with Crippen molar-refractivity contribution in [1.29, 1.82) is 0 Å². The first-order chi connectivity index (χ1) is 12.6. The van der Waals surface area contributed by atoms with E-state index in [2.05, 4.69) is 15.4 Å². The summed E-state index contributed by atoms with van der Waals surface area (Å²) < 4.78 is 48.5. The van der Waals surface area contributed by atoms with Gasteiger partial charge in [-0.25, -0.2) is 21.6 Å². The van der Waals surface area contributed by atoms with Crippen LogP contribution >= 0.6 is 0 Å². The summed E-state index contributed by atoms with van der Waals surface area (Å²) in [6, 6.07) is 6.24. The average molecular weight is 418 g/mol.